The zero-order chi connectivity index (χ0) is 16.8. The Kier molecular flexibility index (Phi) is 5.48. The van der Waals surface area contributed by atoms with E-state index in [0.29, 0.717) is 12.2 Å². The molecular weight excluding hydrogens is 324 g/mol. The highest BCUT2D eigenvalue weighted by molar-refractivity contribution is 6.34. The largest absolute Gasteiger partial charge is 0.496 e. The Balaban J connectivity index is 2.10. The van der Waals surface area contributed by atoms with Crippen LogP contribution in [0.2, 0.25) is 5.02 Å². The molecule has 2 amide bonds. The van der Waals surface area contributed by atoms with Gasteiger partial charge in [-0.25, -0.2) is 9.59 Å². The van der Waals surface area contributed by atoms with Crippen LogP contribution < -0.4 is 15.4 Å². The van der Waals surface area contributed by atoms with Crippen LogP contribution in [0.25, 0.3) is 0 Å². The number of rotatable bonds is 5. The molecule has 1 aromatic heterocycles. The molecule has 0 bridgehead atoms. The van der Waals surface area contributed by atoms with Gasteiger partial charge < -0.3 is 24.5 Å². The highest BCUT2D eigenvalue weighted by atomic mass is 35.5. The summed E-state index contributed by atoms with van der Waals surface area (Å²) in [4.78, 5) is 23.5. The molecule has 8 heteroatoms. The van der Waals surface area contributed by atoms with E-state index in [2.05, 4.69) is 15.4 Å². The van der Waals surface area contributed by atoms with Crippen LogP contribution in [-0.4, -0.2) is 26.2 Å². The van der Waals surface area contributed by atoms with Crippen molar-refractivity contribution < 1.29 is 23.5 Å². The zero-order valence-electron chi connectivity index (χ0n) is 12.5. The van der Waals surface area contributed by atoms with Gasteiger partial charge in [0.15, 0.2) is 0 Å². The predicted octanol–water partition coefficient (Wildman–Crippen LogP) is 3.05. The SMILES string of the molecule is COC(=O)c1cc(Cl)c(NC(=O)NCc2ccoc2)cc1OC. The molecule has 0 aliphatic rings. The lowest BCUT2D eigenvalue weighted by Gasteiger charge is -2.12. The van der Waals surface area contributed by atoms with E-state index in [0.717, 1.165) is 5.56 Å². The fourth-order valence-electron chi connectivity index (χ4n) is 1.83. The van der Waals surface area contributed by atoms with Crippen molar-refractivity contribution in [3.8, 4) is 5.75 Å². The maximum atomic E-state index is 11.9. The molecule has 1 aromatic carbocycles. The van der Waals surface area contributed by atoms with Crippen molar-refractivity contribution >= 4 is 29.3 Å². The van der Waals surface area contributed by atoms with E-state index < -0.39 is 12.0 Å². The Morgan fingerprint density at radius 3 is 2.70 bits per heavy atom. The number of methoxy groups -OCH3 is 2. The summed E-state index contributed by atoms with van der Waals surface area (Å²) in [7, 11) is 2.66. The first-order chi connectivity index (χ1) is 11.0. The Hall–Kier alpha value is -2.67. The first-order valence-corrected chi connectivity index (χ1v) is 6.94. The summed E-state index contributed by atoms with van der Waals surface area (Å²) < 4.78 is 14.7. The van der Waals surface area contributed by atoms with Gasteiger partial charge in [0.1, 0.15) is 11.3 Å². The van der Waals surface area contributed by atoms with Gasteiger partial charge >= 0.3 is 12.0 Å². The molecular formula is C15H15ClN2O5. The average Bonchev–Trinajstić information content (AvgIpc) is 3.07. The monoisotopic (exact) mass is 338 g/mol. The molecule has 2 rings (SSSR count). The van der Waals surface area contributed by atoms with E-state index in [9.17, 15) is 9.59 Å². The van der Waals surface area contributed by atoms with Gasteiger partial charge in [0.2, 0.25) is 0 Å². The minimum absolute atomic E-state index is 0.171. The summed E-state index contributed by atoms with van der Waals surface area (Å²) in [5.41, 5.74) is 1.30. The fraction of sp³-hybridized carbons (Fsp3) is 0.200. The van der Waals surface area contributed by atoms with Crippen LogP contribution in [0, 0.1) is 0 Å². The number of esters is 1. The number of furan rings is 1. The van der Waals surface area contributed by atoms with Gasteiger partial charge in [0.05, 0.1) is 37.5 Å². The number of amides is 2. The maximum Gasteiger partial charge on any atom is 0.341 e. The van der Waals surface area contributed by atoms with Crippen LogP contribution in [0.4, 0.5) is 10.5 Å². The predicted molar refractivity (Wildman–Crippen MR) is 83.9 cm³/mol. The molecule has 0 fully saturated rings. The number of carbonyl (C=O) groups excluding carboxylic acids is 2. The molecule has 7 nitrogen and oxygen atoms in total. The first kappa shape index (κ1) is 16.7. The van der Waals surface area contributed by atoms with Crippen LogP contribution in [-0.2, 0) is 11.3 Å². The minimum Gasteiger partial charge on any atom is -0.496 e. The second-order valence-corrected chi connectivity index (χ2v) is 4.87. The molecule has 0 atom stereocenters. The highest BCUT2D eigenvalue weighted by Gasteiger charge is 2.17. The number of halogens is 1. The molecule has 0 saturated heterocycles. The number of hydrogen-bond acceptors (Lipinski definition) is 5. The van der Waals surface area contributed by atoms with Crippen LogP contribution in [0.3, 0.4) is 0 Å². The standard InChI is InChI=1S/C15H15ClN2O5/c1-21-13-6-12(11(16)5-10(13)14(19)22-2)18-15(20)17-7-9-3-4-23-8-9/h3-6,8H,7H2,1-2H3,(H2,17,18,20). The molecule has 2 N–H and O–H groups in total. The van der Waals surface area contributed by atoms with Crippen molar-refractivity contribution in [1.29, 1.82) is 0 Å². The van der Waals surface area contributed by atoms with Crippen molar-refractivity contribution in [1.82, 2.24) is 5.32 Å². The smallest absolute Gasteiger partial charge is 0.341 e. The molecule has 0 aliphatic carbocycles. The van der Waals surface area contributed by atoms with E-state index in [1.54, 1.807) is 6.07 Å². The van der Waals surface area contributed by atoms with Crippen molar-refractivity contribution in [2.45, 2.75) is 6.54 Å². The lowest BCUT2D eigenvalue weighted by atomic mass is 10.2. The number of urea groups is 1. The third kappa shape index (κ3) is 4.17. The number of ether oxygens (including phenoxy) is 2. The summed E-state index contributed by atoms with van der Waals surface area (Å²) in [5.74, 6) is -0.342. The minimum atomic E-state index is -0.584. The molecule has 23 heavy (non-hydrogen) atoms. The summed E-state index contributed by atoms with van der Waals surface area (Å²) in [5, 5.41) is 5.42. The lowest BCUT2D eigenvalue weighted by molar-refractivity contribution is 0.0597. The van der Waals surface area contributed by atoms with Crippen molar-refractivity contribution in [3.05, 3.63) is 46.9 Å². The summed E-state index contributed by atoms with van der Waals surface area (Å²) in [6.45, 7) is 0.303. The van der Waals surface area contributed by atoms with Gasteiger partial charge in [-0.2, -0.15) is 0 Å². The maximum absolute atomic E-state index is 11.9. The van der Waals surface area contributed by atoms with E-state index >= 15 is 0 Å². The third-order valence-electron chi connectivity index (χ3n) is 2.98. The Bertz CT molecular complexity index is 700. The van der Waals surface area contributed by atoms with E-state index in [4.69, 9.17) is 20.8 Å². The molecule has 2 aromatic rings. The molecule has 122 valence electrons. The van der Waals surface area contributed by atoms with Gasteiger partial charge in [-0.15, -0.1) is 0 Å². The van der Waals surface area contributed by atoms with Crippen LogP contribution >= 0.6 is 11.6 Å². The third-order valence-corrected chi connectivity index (χ3v) is 3.29. The average molecular weight is 339 g/mol. The van der Waals surface area contributed by atoms with E-state index in [-0.39, 0.29) is 16.3 Å². The van der Waals surface area contributed by atoms with Crippen LogP contribution in [0.5, 0.6) is 5.75 Å². The lowest BCUT2D eigenvalue weighted by Crippen LogP contribution is -2.28. The van der Waals surface area contributed by atoms with Crippen molar-refractivity contribution in [3.63, 3.8) is 0 Å². The van der Waals surface area contributed by atoms with Crippen molar-refractivity contribution in [2.24, 2.45) is 0 Å². The second-order valence-electron chi connectivity index (χ2n) is 4.46. The molecule has 0 saturated carbocycles. The van der Waals surface area contributed by atoms with E-state index in [1.807, 2.05) is 0 Å². The quantitative estimate of drug-likeness (QED) is 0.818. The molecule has 0 radical (unpaired) electrons. The zero-order valence-corrected chi connectivity index (χ0v) is 13.3. The first-order valence-electron chi connectivity index (χ1n) is 6.57. The number of carbonyl (C=O) groups is 2. The van der Waals surface area contributed by atoms with Gasteiger partial charge in [-0.3, -0.25) is 0 Å². The number of anilines is 1. The van der Waals surface area contributed by atoms with Crippen LogP contribution in [0.1, 0.15) is 15.9 Å². The normalized spacial score (nSPS) is 10.0. The second kappa shape index (κ2) is 7.55. The molecule has 1 heterocycles. The number of benzene rings is 1. The van der Waals surface area contributed by atoms with Crippen molar-refractivity contribution in [2.75, 3.05) is 19.5 Å². The molecule has 0 unspecified atom stereocenters. The number of hydrogen-bond donors (Lipinski definition) is 2. The number of nitrogens with one attached hydrogen (secondary N) is 2. The Morgan fingerprint density at radius 1 is 1.30 bits per heavy atom. The van der Waals surface area contributed by atoms with Crippen LogP contribution in [0.15, 0.2) is 35.1 Å². The Labute approximate surface area is 137 Å². The Morgan fingerprint density at radius 2 is 2.09 bits per heavy atom. The van der Waals surface area contributed by atoms with Gasteiger partial charge in [-0.1, -0.05) is 11.6 Å². The highest BCUT2D eigenvalue weighted by Crippen LogP contribution is 2.31. The topological polar surface area (TPSA) is 89.8 Å². The summed E-state index contributed by atoms with van der Waals surface area (Å²) in [6, 6.07) is 4.10. The van der Waals surface area contributed by atoms with Gasteiger partial charge in [0.25, 0.3) is 0 Å². The van der Waals surface area contributed by atoms with Gasteiger partial charge in [-0.05, 0) is 12.1 Å². The summed E-state index contributed by atoms with van der Waals surface area (Å²) >= 11 is 6.08. The fourth-order valence-corrected chi connectivity index (χ4v) is 2.04. The summed E-state index contributed by atoms with van der Waals surface area (Å²) in [6.07, 6.45) is 3.05. The molecule has 0 aliphatic heterocycles. The molecule has 0 spiro atoms. The van der Waals surface area contributed by atoms with Gasteiger partial charge in [0, 0.05) is 18.2 Å². The van der Waals surface area contributed by atoms with E-state index in [1.165, 1.54) is 38.9 Å².